The van der Waals surface area contributed by atoms with E-state index in [4.69, 9.17) is 10.7 Å². The van der Waals surface area contributed by atoms with Crippen LogP contribution in [0.4, 0.5) is 0 Å². The van der Waals surface area contributed by atoms with Gasteiger partial charge in [-0.25, -0.2) is 4.98 Å². The van der Waals surface area contributed by atoms with E-state index in [0.717, 1.165) is 12.5 Å². The first-order valence-electron chi connectivity index (χ1n) is 7.20. The van der Waals surface area contributed by atoms with Gasteiger partial charge in [-0.2, -0.15) is 0 Å². The van der Waals surface area contributed by atoms with Gasteiger partial charge in [0.05, 0.1) is 12.2 Å². The molecule has 3 rings (SSSR count). The van der Waals surface area contributed by atoms with E-state index in [1.807, 2.05) is 11.3 Å². The van der Waals surface area contributed by atoms with Gasteiger partial charge < -0.3 is 5.73 Å². The summed E-state index contributed by atoms with van der Waals surface area (Å²) in [6.07, 6.45) is 6.70. The van der Waals surface area contributed by atoms with Gasteiger partial charge in [0, 0.05) is 23.4 Å². The molecule has 1 saturated carbocycles. The van der Waals surface area contributed by atoms with Crippen molar-refractivity contribution < 1.29 is 0 Å². The maximum absolute atomic E-state index is 5.85. The van der Waals surface area contributed by atoms with Crippen LogP contribution in [0.15, 0.2) is 0 Å². The smallest absolute Gasteiger partial charge is 0.107 e. The zero-order valence-corrected chi connectivity index (χ0v) is 12.0. The van der Waals surface area contributed by atoms with E-state index in [0.29, 0.717) is 12.6 Å². The predicted molar refractivity (Wildman–Crippen MR) is 75.7 cm³/mol. The molecule has 2 N–H and O–H groups in total. The van der Waals surface area contributed by atoms with Crippen molar-refractivity contribution in [2.24, 2.45) is 5.73 Å². The minimum atomic E-state index is 0.666. The Bertz CT molecular complexity index is 411. The molecule has 1 aromatic rings. The average molecular weight is 265 g/mol. The Morgan fingerprint density at radius 3 is 2.83 bits per heavy atom. The summed E-state index contributed by atoms with van der Waals surface area (Å²) in [5.74, 6) is 0.729. The van der Waals surface area contributed by atoms with E-state index in [1.54, 1.807) is 0 Å². The quantitative estimate of drug-likeness (QED) is 0.910. The lowest BCUT2D eigenvalue weighted by molar-refractivity contribution is 0.152. The zero-order chi connectivity index (χ0) is 12.5. The summed E-state index contributed by atoms with van der Waals surface area (Å²) in [5, 5.41) is 1.28. The summed E-state index contributed by atoms with van der Waals surface area (Å²) in [6.45, 7) is 5.28. The number of aromatic nitrogens is 1. The number of rotatable bonds is 4. The number of piperidine rings is 1. The molecule has 1 aliphatic heterocycles. The van der Waals surface area contributed by atoms with E-state index < -0.39 is 0 Å². The second-order valence-electron chi connectivity index (χ2n) is 5.71. The van der Waals surface area contributed by atoms with E-state index in [-0.39, 0.29) is 0 Å². The first-order chi connectivity index (χ1) is 8.78. The summed E-state index contributed by atoms with van der Waals surface area (Å²) in [6, 6.07) is 0.716. The van der Waals surface area contributed by atoms with Crippen LogP contribution in [0.2, 0.25) is 0 Å². The Morgan fingerprint density at radius 2 is 2.17 bits per heavy atom. The molecule has 2 fully saturated rings. The summed E-state index contributed by atoms with van der Waals surface area (Å²) in [5.41, 5.74) is 7.17. The van der Waals surface area contributed by atoms with Crippen molar-refractivity contribution in [2.45, 2.75) is 64.1 Å². The van der Waals surface area contributed by atoms with Crippen molar-refractivity contribution >= 4 is 11.3 Å². The van der Waals surface area contributed by atoms with Gasteiger partial charge in [0.1, 0.15) is 5.01 Å². The lowest BCUT2D eigenvalue weighted by Gasteiger charge is -2.32. The molecule has 0 amide bonds. The average Bonchev–Trinajstić information content (AvgIpc) is 3.14. The summed E-state index contributed by atoms with van der Waals surface area (Å²) in [7, 11) is 0. The fraction of sp³-hybridized carbons (Fsp3) is 0.786. The van der Waals surface area contributed by atoms with Gasteiger partial charge in [-0.1, -0.05) is 6.42 Å². The van der Waals surface area contributed by atoms with E-state index in [9.17, 15) is 0 Å². The van der Waals surface area contributed by atoms with Crippen LogP contribution < -0.4 is 5.73 Å². The molecule has 1 aromatic heterocycles. The molecule has 18 heavy (non-hydrogen) atoms. The molecule has 0 radical (unpaired) electrons. The Labute approximate surface area is 113 Å². The van der Waals surface area contributed by atoms with E-state index in [2.05, 4.69) is 11.8 Å². The molecule has 1 saturated heterocycles. The first-order valence-corrected chi connectivity index (χ1v) is 8.02. The lowest BCUT2D eigenvalue weighted by atomic mass is 10.0. The molecule has 0 aromatic carbocycles. The molecule has 0 spiro atoms. The molecule has 100 valence electrons. The van der Waals surface area contributed by atoms with Crippen LogP contribution in [0.25, 0.3) is 0 Å². The summed E-state index contributed by atoms with van der Waals surface area (Å²) in [4.78, 5) is 8.78. The first kappa shape index (κ1) is 12.6. The van der Waals surface area contributed by atoms with Crippen LogP contribution >= 0.6 is 11.3 Å². The third-order valence-corrected chi connectivity index (χ3v) is 5.28. The molecule has 3 nitrogen and oxygen atoms in total. The number of hydrogen-bond acceptors (Lipinski definition) is 4. The highest BCUT2D eigenvalue weighted by Gasteiger charge is 2.29. The largest absolute Gasteiger partial charge is 0.326 e. The van der Waals surface area contributed by atoms with Crippen LogP contribution in [0.3, 0.4) is 0 Å². The molecule has 2 aliphatic rings. The summed E-state index contributed by atoms with van der Waals surface area (Å²) < 4.78 is 0. The van der Waals surface area contributed by atoms with Crippen molar-refractivity contribution in [2.75, 3.05) is 6.54 Å². The lowest BCUT2D eigenvalue weighted by Crippen LogP contribution is -2.36. The fourth-order valence-electron chi connectivity index (χ4n) is 2.87. The molecular formula is C14H23N3S. The van der Waals surface area contributed by atoms with Crippen molar-refractivity contribution in [3.05, 3.63) is 15.6 Å². The molecule has 1 aliphatic carbocycles. The standard InChI is InChI=1S/C14H23N3S/c1-10-4-2-3-7-17(10)9-13-16-14(11-5-6-11)12(8-15)18-13/h10-11H,2-9,15H2,1H3. The Kier molecular flexibility index (Phi) is 3.68. The third-order valence-electron chi connectivity index (χ3n) is 4.20. The van der Waals surface area contributed by atoms with Crippen LogP contribution in [0.5, 0.6) is 0 Å². The zero-order valence-electron chi connectivity index (χ0n) is 11.2. The Morgan fingerprint density at radius 1 is 1.33 bits per heavy atom. The van der Waals surface area contributed by atoms with Crippen LogP contribution in [0, 0.1) is 0 Å². The van der Waals surface area contributed by atoms with E-state index in [1.165, 1.54) is 54.2 Å². The van der Waals surface area contributed by atoms with Gasteiger partial charge >= 0.3 is 0 Å². The van der Waals surface area contributed by atoms with Crippen LogP contribution in [-0.2, 0) is 13.1 Å². The highest BCUT2D eigenvalue weighted by atomic mass is 32.1. The minimum Gasteiger partial charge on any atom is -0.326 e. The van der Waals surface area contributed by atoms with Crippen molar-refractivity contribution in [3.63, 3.8) is 0 Å². The van der Waals surface area contributed by atoms with Gasteiger partial charge in [0.25, 0.3) is 0 Å². The Balaban J connectivity index is 1.71. The van der Waals surface area contributed by atoms with Crippen molar-refractivity contribution in [1.82, 2.24) is 9.88 Å². The molecule has 0 bridgehead atoms. The minimum absolute atomic E-state index is 0.666. The molecular weight excluding hydrogens is 242 g/mol. The number of likely N-dealkylation sites (tertiary alicyclic amines) is 1. The van der Waals surface area contributed by atoms with Gasteiger partial charge in [-0.15, -0.1) is 11.3 Å². The summed E-state index contributed by atoms with van der Waals surface area (Å²) >= 11 is 1.85. The maximum atomic E-state index is 5.85. The molecule has 4 heteroatoms. The highest BCUT2D eigenvalue weighted by molar-refractivity contribution is 7.11. The molecule has 2 heterocycles. The van der Waals surface area contributed by atoms with Gasteiger partial charge in [-0.3, -0.25) is 4.90 Å². The topological polar surface area (TPSA) is 42.2 Å². The van der Waals surface area contributed by atoms with Gasteiger partial charge in [0.15, 0.2) is 0 Å². The fourth-order valence-corrected chi connectivity index (χ4v) is 3.93. The van der Waals surface area contributed by atoms with Crippen LogP contribution in [0.1, 0.15) is 60.5 Å². The van der Waals surface area contributed by atoms with Crippen LogP contribution in [-0.4, -0.2) is 22.5 Å². The molecule has 1 unspecified atom stereocenters. The number of nitrogens with zero attached hydrogens (tertiary/aromatic N) is 2. The monoisotopic (exact) mass is 265 g/mol. The van der Waals surface area contributed by atoms with Crippen molar-refractivity contribution in [1.29, 1.82) is 0 Å². The number of thiazole rings is 1. The van der Waals surface area contributed by atoms with E-state index >= 15 is 0 Å². The maximum Gasteiger partial charge on any atom is 0.107 e. The number of hydrogen-bond donors (Lipinski definition) is 1. The third kappa shape index (κ3) is 2.60. The second kappa shape index (κ2) is 5.27. The van der Waals surface area contributed by atoms with Crippen molar-refractivity contribution in [3.8, 4) is 0 Å². The second-order valence-corrected chi connectivity index (χ2v) is 6.88. The SMILES string of the molecule is CC1CCCCN1Cc1nc(C2CC2)c(CN)s1. The van der Waals surface area contributed by atoms with Gasteiger partial charge in [-0.05, 0) is 39.2 Å². The van der Waals surface area contributed by atoms with Gasteiger partial charge in [0.2, 0.25) is 0 Å². The normalized spacial score (nSPS) is 25.6. The highest BCUT2D eigenvalue weighted by Crippen LogP contribution is 2.42. The predicted octanol–water partition coefficient (Wildman–Crippen LogP) is 2.85. The Hall–Kier alpha value is -0.450. The number of nitrogens with two attached hydrogens (primary N) is 1. The molecule has 1 atom stereocenters.